The largest absolute Gasteiger partial charge is 0.340 e. The number of allylic oxidation sites excluding steroid dienone is 1. The second-order valence-corrected chi connectivity index (χ2v) is 15.6. The van der Waals surface area contributed by atoms with Crippen molar-refractivity contribution in [1.29, 1.82) is 0 Å². The van der Waals surface area contributed by atoms with Crippen LogP contribution >= 0.6 is 0 Å². The summed E-state index contributed by atoms with van der Waals surface area (Å²) in [6.07, 6.45) is 10.2. The Kier molecular flexibility index (Phi) is 10.8. The fourth-order valence-corrected chi connectivity index (χ4v) is 8.66. The molecule has 5 aromatic rings. The molecule has 1 N–H and O–H groups in total. The predicted octanol–water partition coefficient (Wildman–Crippen LogP) is 7.58. The first-order valence-electron chi connectivity index (χ1n) is 19.7. The summed E-state index contributed by atoms with van der Waals surface area (Å²) in [6, 6.07) is 31.8. The third-order valence-electron chi connectivity index (χ3n) is 11.5. The number of nitrogens with one attached hydrogen (secondary N) is 1. The lowest BCUT2D eigenvalue weighted by molar-refractivity contribution is -0.137. The van der Waals surface area contributed by atoms with Gasteiger partial charge >= 0.3 is 0 Å². The van der Waals surface area contributed by atoms with Crippen LogP contribution in [0.25, 0.3) is 28.1 Å². The van der Waals surface area contributed by atoms with Gasteiger partial charge in [0.2, 0.25) is 11.8 Å². The zero-order valence-corrected chi connectivity index (χ0v) is 32.7. The molecule has 2 amide bonds. The number of hydrogen-bond donors (Lipinski definition) is 1. The number of rotatable bonds is 11. The monoisotopic (exact) mass is 746 g/mol. The Balaban J connectivity index is 0.901. The van der Waals surface area contributed by atoms with E-state index in [1.807, 2.05) is 127 Å². The number of likely N-dealkylation sites (tertiary alicyclic amines) is 2. The van der Waals surface area contributed by atoms with Gasteiger partial charge in [-0.3, -0.25) is 29.4 Å². The van der Waals surface area contributed by atoms with E-state index in [1.165, 1.54) is 0 Å². The lowest BCUT2D eigenvalue weighted by atomic mass is 9.98. The molecule has 2 saturated heterocycles. The lowest BCUT2D eigenvalue weighted by Gasteiger charge is -2.32. The molecule has 2 aromatic heterocycles. The Hall–Kier alpha value is -5.71. The molecule has 0 radical (unpaired) electrons. The number of pyridine rings is 1. The molecule has 4 atom stereocenters. The first-order chi connectivity index (χ1) is 27.3. The topological polar surface area (TPSA) is 101 Å². The smallest absolute Gasteiger partial charge is 0.245 e. The molecule has 286 valence electrons. The number of nitrogens with zero attached hydrogens (tertiary/aromatic N) is 7. The molecule has 0 bridgehead atoms. The molecule has 0 aliphatic carbocycles. The van der Waals surface area contributed by atoms with Crippen molar-refractivity contribution < 1.29 is 9.59 Å². The third-order valence-corrected chi connectivity index (χ3v) is 11.5. The van der Waals surface area contributed by atoms with Crippen molar-refractivity contribution in [1.82, 2.24) is 34.6 Å². The third kappa shape index (κ3) is 7.46. The summed E-state index contributed by atoms with van der Waals surface area (Å²) in [5, 5.41) is 0. The van der Waals surface area contributed by atoms with Gasteiger partial charge in [-0.2, -0.15) is 0 Å². The van der Waals surface area contributed by atoms with Crippen molar-refractivity contribution in [2.75, 3.05) is 41.3 Å². The molecule has 3 aliphatic rings. The van der Waals surface area contributed by atoms with Gasteiger partial charge in [-0.15, -0.1) is 0 Å². The second-order valence-electron chi connectivity index (χ2n) is 15.6. The Morgan fingerprint density at radius 2 is 1.21 bits per heavy atom. The summed E-state index contributed by atoms with van der Waals surface area (Å²) < 4.78 is 0. The number of likely N-dealkylation sites (N-methyl/N-ethyl adjacent to an activating group) is 2. The van der Waals surface area contributed by atoms with Crippen LogP contribution in [-0.4, -0.2) is 99.4 Å². The number of hydrogen-bond acceptors (Lipinski definition) is 7. The van der Waals surface area contributed by atoms with Crippen LogP contribution in [0, 0.1) is 0 Å². The zero-order chi connectivity index (χ0) is 38.8. The molecule has 8 rings (SSSR count). The summed E-state index contributed by atoms with van der Waals surface area (Å²) in [5.74, 6) is 1.06. The molecule has 2 fully saturated rings. The molecule has 3 aromatic carbocycles. The number of amides is 2. The van der Waals surface area contributed by atoms with Crippen molar-refractivity contribution in [2.45, 2.75) is 56.3 Å². The fourth-order valence-electron chi connectivity index (χ4n) is 8.66. The average Bonchev–Trinajstić information content (AvgIpc) is 4.06. The van der Waals surface area contributed by atoms with Gasteiger partial charge in [0.1, 0.15) is 17.9 Å². The maximum Gasteiger partial charge on any atom is 0.245 e. The molecule has 10 heteroatoms. The van der Waals surface area contributed by atoms with Crippen molar-refractivity contribution in [3.63, 3.8) is 0 Å². The first kappa shape index (κ1) is 37.2. The van der Waals surface area contributed by atoms with Crippen molar-refractivity contribution in [3.8, 4) is 22.5 Å². The minimum Gasteiger partial charge on any atom is -0.340 e. The normalized spacial score (nSPS) is 19.4. The van der Waals surface area contributed by atoms with Gasteiger partial charge in [0.25, 0.3) is 0 Å². The number of carbonyl (C=O) groups excluding carboxylic acids is 2. The maximum absolute atomic E-state index is 13.9. The van der Waals surface area contributed by atoms with Crippen molar-refractivity contribution >= 4 is 23.1 Å². The highest BCUT2D eigenvalue weighted by Crippen LogP contribution is 2.36. The summed E-state index contributed by atoms with van der Waals surface area (Å²) in [7, 11) is 7.86. The maximum atomic E-state index is 13.9. The lowest BCUT2D eigenvalue weighted by Crippen LogP contribution is -2.45. The number of aromatic nitrogens is 3. The highest BCUT2D eigenvalue weighted by atomic mass is 16.2. The summed E-state index contributed by atoms with van der Waals surface area (Å²) in [4.78, 5) is 53.9. The summed E-state index contributed by atoms with van der Waals surface area (Å²) in [6.45, 7) is 1.47. The van der Waals surface area contributed by atoms with E-state index in [1.54, 1.807) is 0 Å². The van der Waals surface area contributed by atoms with E-state index >= 15 is 0 Å². The predicted molar refractivity (Wildman–Crippen MR) is 221 cm³/mol. The van der Waals surface area contributed by atoms with Crippen LogP contribution in [0.2, 0.25) is 0 Å². The van der Waals surface area contributed by atoms with E-state index in [0.717, 1.165) is 95.1 Å². The Bertz CT molecular complexity index is 2210. The van der Waals surface area contributed by atoms with Gasteiger partial charge in [0.05, 0.1) is 29.7 Å². The average molecular weight is 747 g/mol. The van der Waals surface area contributed by atoms with Crippen LogP contribution in [-0.2, 0) is 9.59 Å². The summed E-state index contributed by atoms with van der Waals surface area (Å²) in [5.41, 5.74) is 9.08. The standard InChI is InChI=1S/C46H50N8O2/c1-51(2)42(33-13-7-5-8-14-33)45(55)53-25-11-17-40(53)38-27-36(29-48-38)35-23-24-37(47-28-35)31-19-21-32(22-20-31)39-30-49-44(50-39)41-18-12-26-54(41)46(56)43(52(3)4)34-15-9-6-10-16-34/h5-10,13-16,19-24,28-30,40-43H,11-12,17-18,25-27H2,1-4H3,(H,49,50)/t40-,41-,42+,43+/m0/s1. The number of aliphatic imine (C=N–C) groups is 1. The van der Waals surface area contributed by atoms with E-state index < -0.39 is 0 Å². The van der Waals surface area contributed by atoms with Crippen LogP contribution in [0.15, 0.2) is 121 Å². The number of aromatic amines is 1. The van der Waals surface area contributed by atoms with E-state index in [-0.39, 0.29) is 36.0 Å². The Labute approximate surface area is 329 Å². The number of benzene rings is 3. The van der Waals surface area contributed by atoms with E-state index in [0.29, 0.717) is 6.42 Å². The number of H-pyrrole nitrogens is 1. The Morgan fingerprint density at radius 3 is 1.79 bits per heavy atom. The van der Waals surface area contributed by atoms with Crippen LogP contribution in [0.4, 0.5) is 0 Å². The van der Waals surface area contributed by atoms with Gasteiger partial charge in [-0.05, 0) is 87.8 Å². The zero-order valence-electron chi connectivity index (χ0n) is 32.7. The van der Waals surface area contributed by atoms with E-state index in [4.69, 9.17) is 15.0 Å². The van der Waals surface area contributed by atoms with Gasteiger partial charge in [0.15, 0.2) is 0 Å². The van der Waals surface area contributed by atoms with Gasteiger partial charge in [-0.1, -0.05) is 91.0 Å². The Morgan fingerprint density at radius 1 is 0.661 bits per heavy atom. The second kappa shape index (κ2) is 16.2. The molecule has 10 nitrogen and oxygen atoms in total. The van der Waals surface area contributed by atoms with E-state index in [9.17, 15) is 9.59 Å². The highest BCUT2D eigenvalue weighted by Gasteiger charge is 2.39. The summed E-state index contributed by atoms with van der Waals surface area (Å²) >= 11 is 0. The molecule has 0 unspecified atom stereocenters. The molecular formula is C46H50N8O2. The fraction of sp³-hybridized carbons (Fsp3) is 0.326. The minimum atomic E-state index is -0.344. The van der Waals surface area contributed by atoms with Crippen LogP contribution < -0.4 is 0 Å². The molecule has 0 saturated carbocycles. The quantitative estimate of drug-likeness (QED) is 0.150. The van der Waals surface area contributed by atoms with Crippen LogP contribution in [0.5, 0.6) is 0 Å². The van der Waals surface area contributed by atoms with Gasteiger partial charge in [0, 0.05) is 43.2 Å². The van der Waals surface area contributed by atoms with Crippen LogP contribution in [0.1, 0.15) is 72.7 Å². The first-order valence-corrected chi connectivity index (χ1v) is 19.7. The van der Waals surface area contributed by atoms with Gasteiger partial charge in [-0.25, -0.2) is 4.98 Å². The van der Waals surface area contributed by atoms with Gasteiger partial charge < -0.3 is 14.8 Å². The highest BCUT2D eigenvalue weighted by molar-refractivity contribution is 6.03. The molecule has 0 spiro atoms. The van der Waals surface area contributed by atoms with Crippen molar-refractivity contribution in [2.24, 2.45) is 4.99 Å². The van der Waals surface area contributed by atoms with E-state index in [2.05, 4.69) is 41.4 Å². The molecule has 5 heterocycles. The molecule has 56 heavy (non-hydrogen) atoms. The van der Waals surface area contributed by atoms with Crippen molar-refractivity contribution in [3.05, 3.63) is 138 Å². The SMILES string of the molecule is CN(C)[C@@H](C(=O)N1CCC[C@H]1C1=NC=C(c2ccc(-c3ccc(-c4cnc([C@@H]5CCCN5C(=O)[C@@H](c5ccccc5)N(C)C)[nH]4)cc3)nc2)C1)c1ccccc1. The minimum absolute atomic E-state index is 0.00812. The van der Waals surface area contributed by atoms with Crippen LogP contribution in [0.3, 0.4) is 0 Å². The number of carbonyl (C=O) groups is 2. The molecular weight excluding hydrogens is 697 g/mol. The molecule has 3 aliphatic heterocycles. The number of imidazole rings is 1.